The molecular formula is C12H17N3O2S. The number of anilines is 2. The average Bonchev–Trinajstić information content (AvgIpc) is 2.41. The minimum atomic E-state index is -0.448. The molecule has 18 heavy (non-hydrogen) atoms. The fourth-order valence-corrected chi connectivity index (χ4v) is 2.92. The van der Waals surface area contributed by atoms with E-state index in [1.165, 1.54) is 19.3 Å². The molecule has 5 nitrogen and oxygen atoms in total. The molecule has 2 rings (SSSR count). The Balaban J connectivity index is 2.12. The first-order valence-electron chi connectivity index (χ1n) is 5.90. The number of hydrogen-bond donors (Lipinski definition) is 2. The van der Waals surface area contributed by atoms with Crippen molar-refractivity contribution in [3.63, 3.8) is 0 Å². The average molecular weight is 267 g/mol. The number of nitrogens with zero attached hydrogens (tertiary/aromatic N) is 1. The fourth-order valence-electron chi connectivity index (χ4n) is 1.85. The third-order valence-electron chi connectivity index (χ3n) is 2.82. The van der Waals surface area contributed by atoms with E-state index in [1.807, 2.05) is 11.8 Å². The summed E-state index contributed by atoms with van der Waals surface area (Å²) in [5.41, 5.74) is 6.69. The van der Waals surface area contributed by atoms with Gasteiger partial charge in [-0.25, -0.2) is 9.78 Å². The van der Waals surface area contributed by atoms with Gasteiger partial charge < -0.3 is 15.8 Å². The number of esters is 1. The zero-order valence-corrected chi connectivity index (χ0v) is 11.1. The van der Waals surface area contributed by atoms with Gasteiger partial charge >= 0.3 is 5.97 Å². The number of methoxy groups -OCH3 is 1. The molecule has 1 aromatic rings. The lowest BCUT2D eigenvalue weighted by Crippen LogP contribution is -2.27. The van der Waals surface area contributed by atoms with Crippen molar-refractivity contribution < 1.29 is 9.53 Å². The first kappa shape index (κ1) is 13.0. The summed E-state index contributed by atoms with van der Waals surface area (Å²) in [4.78, 5) is 15.6. The number of pyridine rings is 1. The zero-order chi connectivity index (χ0) is 13.0. The number of thioether (sulfide) groups is 1. The standard InChI is InChI=1S/C12H17N3O2S/c1-17-12(16)10-5-4-9(13)11(15-10)14-8-3-2-6-18-7-8/h4-5,8H,2-3,6-7,13H2,1H3,(H,14,15). The van der Waals surface area contributed by atoms with Crippen molar-refractivity contribution in [3.8, 4) is 0 Å². The summed E-state index contributed by atoms with van der Waals surface area (Å²) >= 11 is 1.92. The number of nitrogens with two attached hydrogens (primary N) is 1. The molecule has 1 atom stereocenters. The number of nitrogens with one attached hydrogen (secondary N) is 1. The van der Waals surface area contributed by atoms with E-state index in [9.17, 15) is 4.79 Å². The molecule has 0 bridgehead atoms. The molecule has 0 spiro atoms. The van der Waals surface area contributed by atoms with Crippen molar-refractivity contribution in [3.05, 3.63) is 17.8 Å². The van der Waals surface area contributed by atoms with Gasteiger partial charge in [-0.2, -0.15) is 11.8 Å². The van der Waals surface area contributed by atoms with Crippen LogP contribution in [0.1, 0.15) is 23.3 Å². The van der Waals surface area contributed by atoms with Gasteiger partial charge in [0.25, 0.3) is 0 Å². The highest BCUT2D eigenvalue weighted by Crippen LogP contribution is 2.23. The van der Waals surface area contributed by atoms with Crippen LogP contribution in [0.15, 0.2) is 12.1 Å². The van der Waals surface area contributed by atoms with Crippen LogP contribution in [0, 0.1) is 0 Å². The number of nitrogen functional groups attached to an aromatic ring is 1. The van der Waals surface area contributed by atoms with Gasteiger partial charge in [-0.3, -0.25) is 0 Å². The van der Waals surface area contributed by atoms with Crippen LogP contribution in [0.3, 0.4) is 0 Å². The first-order chi connectivity index (χ1) is 8.70. The van der Waals surface area contributed by atoms with E-state index in [-0.39, 0.29) is 5.69 Å². The molecule has 1 aliphatic rings. The molecule has 6 heteroatoms. The van der Waals surface area contributed by atoms with E-state index in [2.05, 4.69) is 15.0 Å². The Hall–Kier alpha value is -1.43. The third kappa shape index (κ3) is 3.07. The van der Waals surface area contributed by atoms with Crippen LogP contribution in [0.25, 0.3) is 0 Å². The normalized spacial score (nSPS) is 19.3. The maximum absolute atomic E-state index is 11.4. The van der Waals surface area contributed by atoms with Crippen LogP contribution in [0.2, 0.25) is 0 Å². The maximum Gasteiger partial charge on any atom is 0.356 e. The Bertz CT molecular complexity index is 433. The molecule has 0 amide bonds. The van der Waals surface area contributed by atoms with Crippen LogP contribution >= 0.6 is 11.8 Å². The Kier molecular flexibility index (Phi) is 4.30. The van der Waals surface area contributed by atoms with Crippen LogP contribution in [-0.2, 0) is 4.74 Å². The Morgan fingerprint density at radius 3 is 3.11 bits per heavy atom. The summed E-state index contributed by atoms with van der Waals surface area (Å²) in [6.45, 7) is 0. The molecule has 1 saturated heterocycles. The zero-order valence-electron chi connectivity index (χ0n) is 10.3. The smallest absolute Gasteiger partial charge is 0.356 e. The number of ether oxygens (including phenoxy) is 1. The van der Waals surface area contributed by atoms with Gasteiger partial charge in [0, 0.05) is 11.8 Å². The van der Waals surface area contributed by atoms with Crippen molar-refractivity contribution >= 4 is 29.2 Å². The molecule has 98 valence electrons. The highest BCUT2D eigenvalue weighted by Gasteiger charge is 2.16. The van der Waals surface area contributed by atoms with Gasteiger partial charge in [0.1, 0.15) is 5.82 Å². The Morgan fingerprint density at radius 2 is 2.44 bits per heavy atom. The molecule has 0 radical (unpaired) electrons. The molecule has 0 aromatic carbocycles. The molecule has 1 aromatic heterocycles. The summed E-state index contributed by atoms with van der Waals surface area (Å²) in [7, 11) is 1.34. The summed E-state index contributed by atoms with van der Waals surface area (Å²) in [5.74, 6) is 2.38. The second-order valence-corrected chi connectivity index (χ2v) is 5.33. The predicted octanol–water partition coefficient (Wildman–Crippen LogP) is 1.76. The minimum absolute atomic E-state index is 0.276. The van der Waals surface area contributed by atoms with Crippen LogP contribution in [-0.4, -0.2) is 35.6 Å². The quantitative estimate of drug-likeness (QED) is 0.813. The summed E-state index contributed by atoms with van der Waals surface area (Å²) in [6.07, 6.45) is 2.30. The number of hydrogen-bond acceptors (Lipinski definition) is 6. The van der Waals surface area contributed by atoms with Gasteiger partial charge in [0.15, 0.2) is 5.69 Å². The summed E-state index contributed by atoms with van der Waals surface area (Å²) in [6, 6.07) is 3.62. The van der Waals surface area contributed by atoms with E-state index in [0.717, 1.165) is 12.2 Å². The number of aromatic nitrogens is 1. The second kappa shape index (κ2) is 5.95. The van der Waals surface area contributed by atoms with E-state index in [1.54, 1.807) is 12.1 Å². The lowest BCUT2D eigenvalue weighted by Gasteiger charge is -2.23. The van der Waals surface area contributed by atoms with Crippen molar-refractivity contribution in [1.82, 2.24) is 4.98 Å². The lowest BCUT2D eigenvalue weighted by atomic mass is 10.2. The van der Waals surface area contributed by atoms with Gasteiger partial charge in [-0.15, -0.1) is 0 Å². The first-order valence-corrected chi connectivity index (χ1v) is 7.05. The minimum Gasteiger partial charge on any atom is -0.464 e. The van der Waals surface area contributed by atoms with E-state index >= 15 is 0 Å². The molecule has 3 N–H and O–H groups in total. The van der Waals surface area contributed by atoms with Gasteiger partial charge in [-0.05, 0) is 30.7 Å². The monoisotopic (exact) mass is 267 g/mol. The Labute approximate surface area is 110 Å². The summed E-state index contributed by atoms with van der Waals surface area (Å²) < 4.78 is 4.65. The van der Waals surface area contributed by atoms with Crippen molar-refractivity contribution in [1.29, 1.82) is 0 Å². The molecule has 2 heterocycles. The molecule has 1 aliphatic heterocycles. The SMILES string of the molecule is COC(=O)c1ccc(N)c(NC2CCCSC2)n1. The van der Waals surface area contributed by atoms with Gasteiger partial charge in [0.05, 0.1) is 12.8 Å². The molecule has 0 saturated carbocycles. The number of carbonyl (C=O) groups is 1. The molecule has 1 unspecified atom stereocenters. The van der Waals surface area contributed by atoms with Crippen molar-refractivity contribution in [2.75, 3.05) is 29.7 Å². The van der Waals surface area contributed by atoms with Crippen LogP contribution < -0.4 is 11.1 Å². The maximum atomic E-state index is 11.4. The van der Waals surface area contributed by atoms with Crippen molar-refractivity contribution in [2.24, 2.45) is 0 Å². The third-order valence-corrected chi connectivity index (χ3v) is 4.04. The van der Waals surface area contributed by atoms with Crippen LogP contribution in [0.4, 0.5) is 11.5 Å². The van der Waals surface area contributed by atoms with E-state index in [0.29, 0.717) is 17.5 Å². The largest absolute Gasteiger partial charge is 0.464 e. The number of carbonyl (C=O) groups excluding carboxylic acids is 1. The fraction of sp³-hybridized carbons (Fsp3) is 0.500. The predicted molar refractivity (Wildman–Crippen MR) is 74.0 cm³/mol. The van der Waals surface area contributed by atoms with Crippen molar-refractivity contribution in [2.45, 2.75) is 18.9 Å². The Morgan fingerprint density at radius 1 is 1.61 bits per heavy atom. The molecular weight excluding hydrogens is 250 g/mol. The second-order valence-electron chi connectivity index (χ2n) is 4.18. The van der Waals surface area contributed by atoms with E-state index in [4.69, 9.17) is 5.73 Å². The van der Waals surface area contributed by atoms with E-state index < -0.39 is 5.97 Å². The summed E-state index contributed by atoms with van der Waals surface area (Å²) in [5, 5.41) is 3.30. The highest BCUT2D eigenvalue weighted by molar-refractivity contribution is 7.99. The molecule has 1 fully saturated rings. The highest BCUT2D eigenvalue weighted by atomic mass is 32.2. The molecule has 0 aliphatic carbocycles. The van der Waals surface area contributed by atoms with Crippen LogP contribution in [0.5, 0.6) is 0 Å². The lowest BCUT2D eigenvalue weighted by molar-refractivity contribution is 0.0594. The number of rotatable bonds is 3. The van der Waals surface area contributed by atoms with Gasteiger partial charge in [0.2, 0.25) is 0 Å². The topological polar surface area (TPSA) is 77.2 Å². The van der Waals surface area contributed by atoms with Gasteiger partial charge in [-0.1, -0.05) is 0 Å².